The van der Waals surface area contributed by atoms with Gasteiger partial charge in [-0.15, -0.1) is 0 Å². The van der Waals surface area contributed by atoms with Crippen molar-refractivity contribution in [1.29, 1.82) is 0 Å². The van der Waals surface area contributed by atoms with Crippen LogP contribution in [-0.2, 0) is 0 Å². The van der Waals surface area contributed by atoms with Crippen LogP contribution in [0.2, 0.25) is 0 Å². The molecule has 2 bridgehead atoms. The lowest BCUT2D eigenvalue weighted by molar-refractivity contribution is 0.348. The Labute approximate surface area is 118 Å². The molecule has 1 aromatic rings. The van der Waals surface area contributed by atoms with Crippen LogP contribution in [0.1, 0.15) is 31.2 Å². The van der Waals surface area contributed by atoms with Gasteiger partial charge in [0.25, 0.3) is 0 Å². The molecule has 1 aromatic carbocycles. The van der Waals surface area contributed by atoms with Crippen molar-refractivity contribution in [3.8, 4) is 0 Å². The van der Waals surface area contributed by atoms with Crippen LogP contribution in [0.25, 0.3) is 0 Å². The molecule has 0 aliphatic heterocycles. The zero-order chi connectivity index (χ0) is 13.4. The molecule has 0 amide bonds. The molecular weight excluding hydrogens is 259 g/mol. The van der Waals surface area contributed by atoms with Crippen molar-refractivity contribution < 1.29 is 4.39 Å². The number of anilines is 1. The molecule has 0 heterocycles. The minimum absolute atomic E-state index is 0.119. The smallest absolute Gasteiger partial charge is 0.135 e. The molecular formula is C15H19FN2S. The van der Waals surface area contributed by atoms with Gasteiger partial charge in [0.1, 0.15) is 10.8 Å². The topological polar surface area (TPSA) is 38.0 Å². The minimum atomic E-state index is -0.342. The Morgan fingerprint density at radius 1 is 1.37 bits per heavy atom. The Balaban J connectivity index is 1.70. The van der Waals surface area contributed by atoms with Crippen LogP contribution in [0.5, 0.6) is 0 Å². The Morgan fingerprint density at radius 2 is 2.21 bits per heavy atom. The van der Waals surface area contributed by atoms with Gasteiger partial charge in [0.15, 0.2) is 0 Å². The number of rotatable bonds is 4. The number of hydrogen-bond acceptors (Lipinski definition) is 2. The number of nitrogens with one attached hydrogen (secondary N) is 1. The zero-order valence-electron chi connectivity index (χ0n) is 10.9. The molecule has 0 radical (unpaired) electrons. The fourth-order valence-electron chi connectivity index (χ4n) is 3.79. The Hall–Kier alpha value is -1.16. The van der Waals surface area contributed by atoms with Gasteiger partial charge in [0.05, 0.1) is 5.56 Å². The SMILES string of the molecule is NC(=S)c1c(F)cccc1NCC1CC2CCC1C2. The van der Waals surface area contributed by atoms with E-state index in [-0.39, 0.29) is 10.8 Å². The summed E-state index contributed by atoms with van der Waals surface area (Å²) in [5, 5.41) is 3.35. The summed E-state index contributed by atoms with van der Waals surface area (Å²) in [5.74, 6) is 2.17. The maximum Gasteiger partial charge on any atom is 0.135 e. The van der Waals surface area contributed by atoms with E-state index in [4.69, 9.17) is 18.0 Å². The van der Waals surface area contributed by atoms with Crippen molar-refractivity contribution in [3.05, 3.63) is 29.6 Å². The Kier molecular flexibility index (Phi) is 3.44. The monoisotopic (exact) mass is 278 g/mol. The predicted molar refractivity (Wildman–Crippen MR) is 79.7 cm³/mol. The second kappa shape index (κ2) is 5.08. The molecule has 2 saturated carbocycles. The van der Waals surface area contributed by atoms with Gasteiger partial charge in [-0.25, -0.2) is 4.39 Å². The third-order valence-corrected chi connectivity index (χ3v) is 4.90. The number of benzene rings is 1. The molecule has 3 unspecified atom stereocenters. The van der Waals surface area contributed by atoms with E-state index in [0.29, 0.717) is 5.56 Å². The first-order valence-corrected chi connectivity index (χ1v) is 7.38. The van der Waals surface area contributed by atoms with E-state index in [1.807, 2.05) is 6.07 Å². The van der Waals surface area contributed by atoms with Crippen LogP contribution in [-0.4, -0.2) is 11.5 Å². The molecule has 3 atom stereocenters. The fourth-order valence-corrected chi connectivity index (χ4v) is 4.00. The molecule has 0 spiro atoms. The number of thiocarbonyl (C=S) groups is 1. The molecule has 102 valence electrons. The van der Waals surface area contributed by atoms with Crippen LogP contribution >= 0.6 is 12.2 Å². The third-order valence-electron chi connectivity index (χ3n) is 4.70. The Bertz CT molecular complexity index is 503. The van der Waals surface area contributed by atoms with Gasteiger partial charge in [-0.3, -0.25) is 0 Å². The van der Waals surface area contributed by atoms with Crippen LogP contribution < -0.4 is 11.1 Å². The highest BCUT2D eigenvalue weighted by Crippen LogP contribution is 2.48. The highest BCUT2D eigenvalue weighted by atomic mass is 32.1. The van der Waals surface area contributed by atoms with Crippen molar-refractivity contribution in [3.63, 3.8) is 0 Å². The molecule has 3 N–H and O–H groups in total. The molecule has 4 heteroatoms. The fraction of sp³-hybridized carbons (Fsp3) is 0.533. The van der Waals surface area contributed by atoms with Gasteiger partial charge < -0.3 is 11.1 Å². The van der Waals surface area contributed by atoms with Crippen molar-refractivity contribution in [2.75, 3.05) is 11.9 Å². The van der Waals surface area contributed by atoms with Crippen molar-refractivity contribution >= 4 is 22.9 Å². The van der Waals surface area contributed by atoms with Crippen LogP contribution in [0.3, 0.4) is 0 Å². The van der Waals surface area contributed by atoms with Gasteiger partial charge in [0, 0.05) is 12.2 Å². The molecule has 2 nitrogen and oxygen atoms in total. The van der Waals surface area contributed by atoms with Gasteiger partial charge in [-0.05, 0) is 49.1 Å². The van der Waals surface area contributed by atoms with E-state index < -0.39 is 0 Å². The summed E-state index contributed by atoms with van der Waals surface area (Å²) < 4.78 is 13.7. The average molecular weight is 278 g/mol. The number of halogens is 1. The highest BCUT2D eigenvalue weighted by Gasteiger charge is 2.39. The van der Waals surface area contributed by atoms with E-state index in [0.717, 1.165) is 30.0 Å². The van der Waals surface area contributed by atoms with Crippen LogP contribution in [0.15, 0.2) is 18.2 Å². The van der Waals surface area contributed by atoms with Crippen molar-refractivity contribution in [2.24, 2.45) is 23.5 Å². The normalized spacial score (nSPS) is 28.6. The van der Waals surface area contributed by atoms with E-state index in [1.165, 1.54) is 31.7 Å². The lowest BCUT2D eigenvalue weighted by Gasteiger charge is -2.23. The minimum Gasteiger partial charge on any atom is -0.389 e. The first-order chi connectivity index (χ1) is 9.15. The molecule has 0 aromatic heterocycles. The Morgan fingerprint density at radius 3 is 2.84 bits per heavy atom. The summed E-state index contributed by atoms with van der Waals surface area (Å²) in [4.78, 5) is 0.119. The average Bonchev–Trinajstić information content (AvgIpc) is 2.97. The van der Waals surface area contributed by atoms with E-state index in [1.54, 1.807) is 6.07 Å². The number of fused-ring (bicyclic) bond motifs is 2. The highest BCUT2D eigenvalue weighted by molar-refractivity contribution is 7.80. The molecule has 2 fully saturated rings. The largest absolute Gasteiger partial charge is 0.389 e. The van der Waals surface area contributed by atoms with Gasteiger partial charge >= 0.3 is 0 Å². The van der Waals surface area contributed by atoms with E-state index in [2.05, 4.69) is 5.32 Å². The van der Waals surface area contributed by atoms with Crippen molar-refractivity contribution in [1.82, 2.24) is 0 Å². The molecule has 2 aliphatic carbocycles. The number of hydrogen-bond donors (Lipinski definition) is 2. The van der Waals surface area contributed by atoms with Gasteiger partial charge in [-0.2, -0.15) is 0 Å². The quantitative estimate of drug-likeness (QED) is 0.830. The maximum absolute atomic E-state index is 13.7. The summed E-state index contributed by atoms with van der Waals surface area (Å²) in [6, 6.07) is 4.95. The molecule has 19 heavy (non-hydrogen) atoms. The first kappa shape index (κ1) is 12.9. The zero-order valence-corrected chi connectivity index (χ0v) is 11.7. The molecule has 2 aliphatic rings. The lowest BCUT2D eigenvalue weighted by atomic mass is 9.89. The second-order valence-corrected chi connectivity index (χ2v) is 6.28. The maximum atomic E-state index is 13.7. The van der Waals surface area contributed by atoms with Gasteiger partial charge in [-0.1, -0.05) is 24.7 Å². The van der Waals surface area contributed by atoms with Crippen LogP contribution in [0.4, 0.5) is 10.1 Å². The molecule has 0 saturated heterocycles. The predicted octanol–water partition coefficient (Wildman–Crippen LogP) is 3.31. The van der Waals surface area contributed by atoms with Crippen molar-refractivity contribution in [2.45, 2.75) is 25.7 Å². The van der Waals surface area contributed by atoms with Crippen LogP contribution in [0, 0.1) is 23.6 Å². The second-order valence-electron chi connectivity index (χ2n) is 5.84. The summed E-state index contributed by atoms with van der Waals surface area (Å²) >= 11 is 4.94. The van der Waals surface area contributed by atoms with E-state index in [9.17, 15) is 4.39 Å². The summed E-state index contributed by atoms with van der Waals surface area (Å²) in [6.07, 6.45) is 5.47. The van der Waals surface area contributed by atoms with Gasteiger partial charge in [0.2, 0.25) is 0 Å². The standard InChI is InChI=1S/C15H19FN2S/c16-12-2-1-3-13(14(12)15(17)19)18-8-11-7-9-4-5-10(11)6-9/h1-3,9-11,18H,4-8H2,(H2,17,19). The lowest BCUT2D eigenvalue weighted by Crippen LogP contribution is -2.22. The summed E-state index contributed by atoms with van der Waals surface area (Å²) in [6.45, 7) is 0.903. The number of nitrogens with two attached hydrogens (primary N) is 1. The third kappa shape index (κ3) is 2.46. The summed E-state index contributed by atoms with van der Waals surface area (Å²) in [7, 11) is 0. The first-order valence-electron chi connectivity index (χ1n) is 6.97. The summed E-state index contributed by atoms with van der Waals surface area (Å²) in [5.41, 5.74) is 6.69. The molecule has 3 rings (SSSR count). The van der Waals surface area contributed by atoms with E-state index >= 15 is 0 Å².